The van der Waals surface area contributed by atoms with Crippen LogP contribution in [-0.2, 0) is 6.54 Å². The molecule has 1 aromatic carbocycles. The Hall–Kier alpha value is -2.06. The summed E-state index contributed by atoms with van der Waals surface area (Å²) in [6.07, 6.45) is 9.44. The van der Waals surface area contributed by atoms with E-state index in [4.69, 9.17) is 10.3 Å². The van der Waals surface area contributed by atoms with Gasteiger partial charge in [-0.3, -0.25) is 4.90 Å². The zero-order valence-electron chi connectivity index (χ0n) is 16.6. The topological polar surface area (TPSA) is 63.5 Å². The number of hydrogen-bond acceptors (Lipinski definition) is 3. The van der Waals surface area contributed by atoms with E-state index in [9.17, 15) is 0 Å². The van der Waals surface area contributed by atoms with Crippen LogP contribution in [0.4, 0.5) is 0 Å². The number of hydrogen-bond donors (Lipinski definition) is 2. The molecule has 0 aromatic heterocycles. The van der Waals surface area contributed by atoms with Gasteiger partial charge in [-0.15, -0.1) is 0 Å². The number of rotatable bonds is 5. The number of aliphatic imine (C=N–C) groups is 1. The maximum absolute atomic E-state index is 8.91. The van der Waals surface area contributed by atoms with Crippen LogP contribution in [0.15, 0.2) is 29.3 Å². The molecule has 1 aliphatic carbocycles. The van der Waals surface area contributed by atoms with E-state index in [1.54, 1.807) is 0 Å². The van der Waals surface area contributed by atoms with Crippen molar-refractivity contribution >= 4 is 5.96 Å². The van der Waals surface area contributed by atoms with Crippen LogP contribution in [0.5, 0.6) is 0 Å². The fraction of sp³-hybridized carbons (Fsp3) is 0.636. The molecule has 1 unspecified atom stereocenters. The van der Waals surface area contributed by atoms with Crippen molar-refractivity contribution in [2.45, 2.75) is 70.5 Å². The first-order valence-electron chi connectivity index (χ1n) is 10.6. The SMILES string of the molecule is CCNC(=NCc1ccc(C#N)cc1)NC1CCCN(C2CCCCC2)C1. The Morgan fingerprint density at radius 1 is 1.15 bits per heavy atom. The summed E-state index contributed by atoms with van der Waals surface area (Å²) < 4.78 is 0. The Kier molecular flexibility index (Phi) is 7.53. The predicted molar refractivity (Wildman–Crippen MR) is 111 cm³/mol. The lowest BCUT2D eigenvalue weighted by Crippen LogP contribution is -2.53. The van der Waals surface area contributed by atoms with Gasteiger partial charge in [-0.2, -0.15) is 5.26 Å². The van der Waals surface area contributed by atoms with Gasteiger partial charge in [0, 0.05) is 25.2 Å². The van der Waals surface area contributed by atoms with Crippen molar-refractivity contribution in [3.05, 3.63) is 35.4 Å². The Labute approximate surface area is 163 Å². The second kappa shape index (κ2) is 10.3. The van der Waals surface area contributed by atoms with Gasteiger partial charge in [-0.1, -0.05) is 31.4 Å². The smallest absolute Gasteiger partial charge is 0.191 e. The molecule has 3 rings (SSSR count). The highest BCUT2D eigenvalue weighted by Crippen LogP contribution is 2.25. The van der Waals surface area contributed by atoms with E-state index < -0.39 is 0 Å². The van der Waals surface area contributed by atoms with Gasteiger partial charge in [-0.25, -0.2) is 4.99 Å². The molecule has 2 aliphatic rings. The van der Waals surface area contributed by atoms with Crippen LogP contribution in [0.1, 0.15) is 63.0 Å². The largest absolute Gasteiger partial charge is 0.357 e. The first-order valence-corrected chi connectivity index (χ1v) is 10.6. The van der Waals surface area contributed by atoms with Crippen molar-refractivity contribution in [2.75, 3.05) is 19.6 Å². The van der Waals surface area contributed by atoms with Crippen LogP contribution in [0.25, 0.3) is 0 Å². The Bertz CT molecular complexity index is 640. The summed E-state index contributed by atoms with van der Waals surface area (Å²) in [6.45, 7) is 5.97. The van der Waals surface area contributed by atoms with E-state index in [2.05, 4.69) is 28.5 Å². The van der Waals surface area contributed by atoms with E-state index in [1.807, 2.05) is 24.3 Å². The molecule has 0 radical (unpaired) electrons. The van der Waals surface area contributed by atoms with Crippen LogP contribution in [0, 0.1) is 11.3 Å². The number of guanidine groups is 1. The van der Waals surface area contributed by atoms with Gasteiger partial charge in [-0.05, 0) is 56.8 Å². The van der Waals surface area contributed by atoms with E-state index in [0.717, 1.165) is 30.7 Å². The molecule has 0 bridgehead atoms. The maximum Gasteiger partial charge on any atom is 0.191 e. The standard InChI is InChI=1S/C22H33N5/c1-2-24-22(25-16-19-12-10-18(15-23)11-13-19)26-20-7-6-14-27(17-20)21-8-4-3-5-9-21/h10-13,20-21H,2-9,14,16-17H2,1H3,(H2,24,25,26). The molecule has 2 N–H and O–H groups in total. The van der Waals surface area contributed by atoms with E-state index in [-0.39, 0.29) is 0 Å². The minimum absolute atomic E-state index is 0.472. The molecule has 2 fully saturated rings. The van der Waals surface area contributed by atoms with Crippen molar-refractivity contribution in [1.29, 1.82) is 5.26 Å². The number of nitrogens with one attached hydrogen (secondary N) is 2. The van der Waals surface area contributed by atoms with Crippen LogP contribution < -0.4 is 10.6 Å². The van der Waals surface area contributed by atoms with Crippen molar-refractivity contribution in [2.24, 2.45) is 4.99 Å². The molecule has 1 aliphatic heterocycles. The van der Waals surface area contributed by atoms with Gasteiger partial charge in [0.15, 0.2) is 5.96 Å². The van der Waals surface area contributed by atoms with Crippen LogP contribution in [0.3, 0.4) is 0 Å². The molecule has 1 atom stereocenters. The van der Waals surface area contributed by atoms with Crippen molar-refractivity contribution in [1.82, 2.24) is 15.5 Å². The van der Waals surface area contributed by atoms with Gasteiger partial charge >= 0.3 is 0 Å². The molecule has 5 heteroatoms. The summed E-state index contributed by atoms with van der Waals surface area (Å²) in [5, 5.41) is 16.0. The van der Waals surface area contributed by atoms with E-state index in [1.165, 1.54) is 51.5 Å². The van der Waals surface area contributed by atoms with Crippen molar-refractivity contribution in [3.63, 3.8) is 0 Å². The third kappa shape index (κ3) is 5.97. The second-order valence-corrected chi connectivity index (χ2v) is 7.77. The quantitative estimate of drug-likeness (QED) is 0.618. The summed E-state index contributed by atoms with van der Waals surface area (Å²) >= 11 is 0. The zero-order valence-corrected chi connectivity index (χ0v) is 16.6. The second-order valence-electron chi connectivity index (χ2n) is 7.77. The molecular weight excluding hydrogens is 334 g/mol. The summed E-state index contributed by atoms with van der Waals surface area (Å²) in [7, 11) is 0. The first kappa shape index (κ1) is 19.7. The average Bonchev–Trinajstić information content (AvgIpc) is 2.73. The normalized spacial score (nSPS) is 22.2. The fourth-order valence-corrected chi connectivity index (χ4v) is 4.27. The lowest BCUT2D eigenvalue weighted by atomic mass is 9.92. The molecule has 146 valence electrons. The molecule has 1 aromatic rings. The number of nitrogens with zero attached hydrogens (tertiary/aromatic N) is 3. The van der Waals surface area contributed by atoms with Crippen molar-refractivity contribution in [3.8, 4) is 6.07 Å². The van der Waals surface area contributed by atoms with Gasteiger partial charge in [0.25, 0.3) is 0 Å². The van der Waals surface area contributed by atoms with Gasteiger partial charge in [0.05, 0.1) is 18.2 Å². The van der Waals surface area contributed by atoms with Crippen molar-refractivity contribution < 1.29 is 0 Å². The molecular formula is C22H33N5. The highest BCUT2D eigenvalue weighted by Gasteiger charge is 2.27. The van der Waals surface area contributed by atoms with E-state index in [0.29, 0.717) is 18.2 Å². The summed E-state index contributed by atoms with van der Waals surface area (Å²) in [4.78, 5) is 7.48. The maximum atomic E-state index is 8.91. The monoisotopic (exact) mass is 367 g/mol. The summed E-state index contributed by atoms with van der Waals surface area (Å²) in [5.41, 5.74) is 1.82. The Morgan fingerprint density at radius 2 is 1.93 bits per heavy atom. The van der Waals surface area contributed by atoms with E-state index >= 15 is 0 Å². The Balaban J connectivity index is 1.56. The summed E-state index contributed by atoms with van der Waals surface area (Å²) in [5.74, 6) is 0.900. The summed E-state index contributed by atoms with van der Waals surface area (Å²) in [6, 6.07) is 11.1. The lowest BCUT2D eigenvalue weighted by Gasteiger charge is -2.40. The number of likely N-dealkylation sites (tertiary alicyclic amines) is 1. The molecule has 1 heterocycles. The van der Waals surface area contributed by atoms with Gasteiger partial charge in [0.1, 0.15) is 0 Å². The predicted octanol–water partition coefficient (Wildman–Crippen LogP) is 3.41. The molecule has 0 spiro atoms. The van der Waals surface area contributed by atoms with Crippen LogP contribution >= 0.6 is 0 Å². The number of piperidine rings is 1. The highest BCUT2D eigenvalue weighted by atomic mass is 15.2. The van der Waals surface area contributed by atoms with Gasteiger partial charge in [0.2, 0.25) is 0 Å². The number of benzene rings is 1. The molecule has 0 amide bonds. The molecule has 1 saturated heterocycles. The first-order chi connectivity index (χ1) is 13.3. The van der Waals surface area contributed by atoms with Crippen LogP contribution in [-0.4, -0.2) is 42.6 Å². The molecule has 1 saturated carbocycles. The Morgan fingerprint density at radius 3 is 2.63 bits per heavy atom. The minimum Gasteiger partial charge on any atom is -0.357 e. The fourth-order valence-electron chi connectivity index (χ4n) is 4.27. The lowest BCUT2D eigenvalue weighted by molar-refractivity contribution is 0.115. The number of nitriles is 1. The molecule has 5 nitrogen and oxygen atoms in total. The van der Waals surface area contributed by atoms with Gasteiger partial charge < -0.3 is 10.6 Å². The zero-order chi connectivity index (χ0) is 18.9. The third-order valence-corrected chi connectivity index (χ3v) is 5.73. The third-order valence-electron chi connectivity index (χ3n) is 5.73. The highest BCUT2D eigenvalue weighted by molar-refractivity contribution is 5.80. The minimum atomic E-state index is 0.472. The molecule has 27 heavy (non-hydrogen) atoms. The van der Waals surface area contributed by atoms with Crippen LogP contribution in [0.2, 0.25) is 0 Å². The average molecular weight is 368 g/mol.